The van der Waals surface area contributed by atoms with E-state index in [1.54, 1.807) is 0 Å². The van der Waals surface area contributed by atoms with Crippen LogP contribution in [0.3, 0.4) is 0 Å². The van der Waals surface area contributed by atoms with Crippen LogP contribution in [-0.2, 0) is 0 Å². The summed E-state index contributed by atoms with van der Waals surface area (Å²) < 4.78 is 14.7. The van der Waals surface area contributed by atoms with Crippen molar-refractivity contribution in [2.75, 3.05) is 9.80 Å². The lowest BCUT2D eigenvalue weighted by Gasteiger charge is -2.39. The molecule has 0 saturated carbocycles. The van der Waals surface area contributed by atoms with E-state index in [2.05, 4.69) is 180 Å². The number of anilines is 4. The van der Waals surface area contributed by atoms with Crippen molar-refractivity contribution in [3.8, 4) is 33.8 Å². The summed E-state index contributed by atoms with van der Waals surface area (Å²) in [5.74, 6) is 1.47. The second kappa shape index (κ2) is 10.8. The number of para-hydroxylation sites is 2. The predicted octanol–water partition coefficient (Wildman–Crippen LogP) is 11.7. The molecule has 2 aliphatic heterocycles. The van der Waals surface area contributed by atoms with E-state index < -0.39 is 6.03 Å². The van der Waals surface area contributed by atoms with E-state index in [1.165, 1.54) is 11.1 Å². The number of benzene rings is 8. The smallest absolute Gasteiger partial charge is 0.413 e. The van der Waals surface area contributed by atoms with Crippen molar-refractivity contribution in [3.63, 3.8) is 0 Å². The first kappa shape index (κ1) is 27.6. The van der Waals surface area contributed by atoms with E-state index in [0.29, 0.717) is 0 Å². The topological polar surface area (TPSA) is 24.9 Å². The van der Waals surface area contributed by atoms with Crippen molar-refractivity contribution < 1.29 is 9.47 Å². The zero-order chi connectivity index (χ0) is 32.4. The quantitative estimate of drug-likeness (QED) is 0.181. The lowest BCUT2D eigenvalue weighted by molar-refractivity contribution is -0.0581. The molecule has 8 aromatic rings. The van der Waals surface area contributed by atoms with Gasteiger partial charge in [0.25, 0.3) is 0 Å². The van der Waals surface area contributed by atoms with Crippen molar-refractivity contribution in [1.82, 2.24) is 0 Å². The number of nitrogens with zero attached hydrogens (tertiary/aromatic N) is 2. The Labute approximate surface area is 284 Å². The number of hydrogen-bond donors (Lipinski definition) is 0. The molecule has 0 radical (unpaired) electrons. The van der Waals surface area contributed by atoms with Crippen molar-refractivity contribution >= 4 is 44.3 Å². The fourth-order valence-corrected chi connectivity index (χ4v) is 7.47. The molecule has 0 atom stereocenters. The van der Waals surface area contributed by atoms with Gasteiger partial charge in [-0.25, -0.2) is 9.80 Å². The van der Waals surface area contributed by atoms with Crippen LogP contribution in [-0.4, -0.2) is 6.03 Å². The second-order valence-corrected chi connectivity index (χ2v) is 12.5. The molecule has 0 amide bonds. The summed E-state index contributed by atoms with van der Waals surface area (Å²) in [7, 11) is 0. The molecule has 10 rings (SSSR count). The van der Waals surface area contributed by atoms with Crippen LogP contribution in [0.2, 0.25) is 0 Å². The lowest BCUT2D eigenvalue weighted by Crippen LogP contribution is -2.60. The molecular formula is C45H30N2O2. The zero-order valence-electron chi connectivity index (χ0n) is 26.5. The average molecular weight is 631 g/mol. The Morgan fingerprint density at radius 3 is 1.04 bits per heavy atom. The molecule has 8 aromatic carbocycles. The van der Waals surface area contributed by atoms with Gasteiger partial charge in [-0.2, -0.15) is 0 Å². The monoisotopic (exact) mass is 630 g/mol. The summed E-state index contributed by atoms with van der Waals surface area (Å²) in [4.78, 5) is 4.40. The standard InChI is InChI=1S/C45H30N2O2/c1-3-13-31(14-4-1)33-23-27-35(28-24-33)46-41-21-11-12-22-42(41)47(36-29-25-34(26-30-36)32-15-5-2-6-16-32)45(46)48-43-39-19-9-7-17-37(39)38-18-8-10-20-40(38)44(43)49-45/h1-30H. The average Bonchev–Trinajstić information content (AvgIpc) is 3.71. The summed E-state index contributed by atoms with van der Waals surface area (Å²) in [6.45, 7) is 0. The van der Waals surface area contributed by atoms with Gasteiger partial charge in [0.1, 0.15) is 0 Å². The van der Waals surface area contributed by atoms with Crippen LogP contribution < -0.4 is 19.3 Å². The molecule has 0 saturated heterocycles. The highest BCUT2D eigenvalue weighted by molar-refractivity contribution is 6.14. The molecule has 0 fully saturated rings. The molecule has 0 aliphatic carbocycles. The minimum absolute atomic E-state index is 0.735. The molecule has 2 aliphatic rings. The highest BCUT2D eigenvalue weighted by atomic mass is 16.8. The van der Waals surface area contributed by atoms with E-state index in [1.807, 2.05) is 12.1 Å². The molecule has 0 aromatic heterocycles. The van der Waals surface area contributed by atoms with Crippen molar-refractivity contribution in [1.29, 1.82) is 0 Å². The van der Waals surface area contributed by atoms with Crippen LogP contribution in [0, 0.1) is 0 Å². The Morgan fingerprint density at radius 2 is 0.633 bits per heavy atom. The molecule has 2 heterocycles. The Kier molecular flexibility index (Phi) is 6.06. The highest BCUT2D eigenvalue weighted by Crippen LogP contribution is 2.60. The number of hydrogen-bond acceptors (Lipinski definition) is 4. The third kappa shape index (κ3) is 4.17. The first-order valence-electron chi connectivity index (χ1n) is 16.6. The van der Waals surface area contributed by atoms with E-state index >= 15 is 0 Å². The maximum Gasteiger partial charge on any atom is 0.444 e. The van der Waals surface area contributed by atoms with Crippen molar-refractivity contribution in [2.45, 2.75) is 6.03 Å². The fraction of sp³-hybridized carbons (Fsp3) is 0.0222. The first-order chi connectivity index (χ1) is 24.3. The number of ether oxygens (including phenoxy) is 2. The van der Waals surface area contributed by atoms with Crippen molar-refractivity contribution in [3.05, 3.63) is 182 Å². The van der Waals surface area contributed by atoms with Gasteiger partial charge in [-0.05, 0) is 69.4 Å². The summed E-state index contributed by atoms with van der Waals surface area (Å²) >= 11 is 0. The van der Waals surface area contributed by atoms with E-state index in [9.17, 15) is 0 Å². The van der Waals surface area contributed by atoms with Gasteiger partial charge >= 0.3 is 6.03 Å². The minimum atomic E-state index is -1.39. The maximum atomic E-state index is 7.35. The van der Waals surface area contributed by atoms with Crippen LogP contribution in [0.15, 0.2) is 182 Å². The first-order valence-corrected chi connectivity index (χ1v) is 16.6. The second-order valence-electron chi connectivity index (χ2n) is 12.5. The van der Waals surface area contributed by atoms with Gasteiger partial charge in [-0.15, -0.1) is 0 Å². The third-order valence-electron chi connectivity index (χ3n) is 9.70. The van der Waals surface area contributed by atoms with E-state index in [-0.39, 0.29) is 0 Å². The number of fused-ring (bicyclic) bond motifs is 7. The van der Waals surface area contributed by atoms with Crippen molar-refractivity contribution in [2.24, 2.45) is 0 Å². The van der Waals surface area contributed by atoms with Crippen LogP contribution in [0.4, 0.5) is 22.7 Å². The lowest BCUT2D eigenvalue weighted by atomic mass is 10.0. The largest absolute Gasteiger partial charge is 0.444 e. The molecule has 0 N–H and O–H groups in total. The molecule has 1 spiro atoms. The Morgan fingerprint density at radius 1 is 0.306 bits per heavy atom. The summed E-state index contributed by atoms with van der Waals surface area (Å²) in [5.41, 5.74) is 8.52. The van der Waals surface area contributed by atoms with Gasteiger partial charge in [0, 0.05) is 10.8 Å². The number of rotatable bonds is 4. The molecule has 49 heavy (non-hydrogen) atoms. The SMILES string of the molecule is c1ccc(-c2ccc(N3c4ccccc4N(c4ccc(-c5ccccc5)cc4)C34Oc3c(c5ccccc5c5ccccc35)O4)cc2)cc1. The van der Waals surface area contributed by atoms with Gasteiger partial charge in [0.05, 0.1) is 22.7 Å². The van der Waals surface area contributed by atoms with E-state index in [0.717, 1.165) is 66.9 Å². The van der Waals surface area contributed by atoms with E-state index in [4.69, 9.17) is 9.47 Å². The van der Waals surface area contributed by atoms with Gasteiger partial charge in [-0.1, -0.05) is 146 Å². The summed E-state index contributed by atoms with van der Waals surface area (Å²) in [6, 6.07) is 62.2. The zero-order valence-corrected chi connectivity index (χ0v) is 26.5. The molecule has 0 unspecified atom stereocenters. The molecule has 0 bridgehead atoms. The fourth-order valence-electron chi connectivity index (χ4n) is 7.47. The van der Waals surface area contributed by atoms with Crippen LogP contribution >= 0.6 is 0 Å². The van der Waals surface area contributed by atoms with Crippen LogP contribution in [0.25, 0.3) is 43.8 Å². The summed E-state index contributed by atoms with van der Waals surface area (Å²) in [5, 5.41) is 4.29. The van der Waals surface area contributed by atoms with Gasteiger partial charge in [-0.3, -0.25) is 0 Å². The Balaban J connectivity index is 1.20. The maximum absolute atomic E-state index is 7.35. The minimum Gasteiger partial charge on any atom is -0.413 e. The molecular weight excluding hydrogens is 601 g/mol. The molecule has 232 valence electrons. The predicted molar refractivity (Wildman–Crippen MR) is 200 cm³/mol. The van der Waals surface area contributed by atoms with Gasteiger partial charge in [0.2, 0.25) is 0 Å². The summed E-state index contributed by atoms with van der Waals surface area (Å²) in [6.07, 6.45) is 0. The van der Waals surface area contributed by atoms with Crippen LogP contribution in [0.1, 0.15) is 0 Å². The molecule has 4 heteroatoms. The highest BCUT2D eigenvalue weighted by Gasteiger charge is 2.61. The van der Waals surface area contributed by atoms with Gasteiger partial charge in [0.15, 0.2) is 11.5 Å². The Hall–Kier alpha value is -6.52. The Bertz CT molecular complexity index is 2320. The van der Waals surface area contributed by atoms with Crippen LogP contribution in [0.5, 0.6) is 11.5 Å². The normalized spacial score (nSPS) is 14.1. The third-order valence-corrected chi connectivity index (χ3v) is 9.70. The van der Waals surface area contributed by atoms with Gasteiger partial charge < -0.3 is 9.47 Å². The molecule has 4 nitrogen and oxygen atoms in total.